The molecule has 0 spiro atoms. The number of benzene rings is 1. The van der Waals surface area contributed by atoms with E-state index in [1.165, 1.54) is 0 Å². The number of thiophene rings is 1. The Labute approximate surface area is 157 Å². The van der Waals surface area contributed by atoms with E-state index in [-0.39, 0.29) is 11.9 Å². The molecule has 1 atom stereocenters. The second-order valence-corrected chi connectivity index (χ2v) is 7.65. The van der Waals surface area contributed by atoms with Crippen LogP contribution in [0, 0.1) is 0 Å². The molecule has 1 aliphatic heterocycles. The van der Waals surface area contributed by atoms with Gasteiger partial charge in [0.2, 0.25) is 5.91 Å². The lowest BCUT2D eigenvalue weighted by molar-refractivity contribution is -0.121. The van der Waals surface area contributed by atoms with Gasteiger partial charge in [0.05, 0.1) is 12.1 Å². The molecule has 3 heterocycles. The number of anilines is 1. The molecule has 2 aromatic heterocycles. The summed E-state index contributed by atoms with van der Waals surface area (Å²) in [5.74, 6) is 1.05. The molecule has 134 valence electrons. The van der Waals surface area contributed by atoms with E-state index in [4.69, 9.17) is 0 Å². The van der Waals surface area contributed by atoms with Gasteiger partial charge >= 0.3 is 0 Å². The van der Waals surface area contributed by atoms with Crippen LogP contribution in [0.1, 0.15) is 17.7 Å². The average Bonchev–Trinajstić information content (AvgIpc) is 3.34. The van der Waals surface area contributed by atoms with Crippen LogP contribution in [0.2, 0.25) is 0 Å². The van der Waals surface area contributed by atoms with E-state index < -0.39 is 0 Å². The molecule has 1 aliphatic rings. The Morgan fingerprint density at radius 3 is 2.96 bits per heavy atom. The summed E-state index contributed by atoms with van der Waals surface area (Å²) in [7, 11) is 0. The van der Waals surface area contributed by atoms with Crippen LogP contribution in [-0.4, -0.2) is 35.2 Å². The van der Waals surface area contributed by atoms with Crippen LogP contribution in [-0.2, 0) is 11.2 Å². The molecule has 5 nitrogen and oxygen atoms in total. The van der Waals surface area contributed by atoms with Crippen molar-refractivity contribution in [2.24, 2.45) is 0 Å². The fourth-order valence-electron chi connectivity index (χ4n) is 3.39. The van der Waals surface area contributed by atoms with Gasteiger partial charge < -0.3 is 10.2 Å². The van der Waals surface area contributed by atoms with Crippen molar-refractivity contribution in [2.75, 3.05) is 18.0 Å². The van der Waals surface area contributed by atoms with Crippen molar-refractivity contribution in [3.05, 3.63) is 58.8 Å². The van der Waals surface area contributed by atoms with E-state index in [0.717, 1.165) is 47.9 Å². The van der Waals surface area contributed by atoms with Crippen LogP contribution < -0.4 is 10.2 Å². The number of nitrogens with one attached hydrogen (secondary N) is 2. The molecule has 0 saturated carbocycles. The zero-order valence-electron chi connectivity index (χ0n) is 14.5. The molecule has 1 aromatic carbocycles. The summed E-state index contributed by atoms with van der Waals surface area (Å²) in [5.41, 5.74) is 2.15. The number of carbonyl (C=O) groups is 1. The van der Waals surface area contributed by atoms with Crippen LogP contribution in [0.3, 0.4) is 0 Å². The lowest BCUT2D eigenvalue weighted by atomic mass is 10.1. The van der Waals surface area contributed by atoms with E-state index in [2.05, 4.69) is 38.6 Å². The predicted molar refractivity (Wildman–Crippen MR) is 105 cm³/mol. The number of aromatic nitrogens is 2. The molecule has 2 N–H and O–H groups in total. The number of aromatic amines is 1. The van der Waals surface area contributed by atoms with Gasteiger partial charge in [0.25, 0.3) is 0 Å². The van der Waals surface area contributed by atoms with Crippen molar-refractivity contribution in [1.82, 2.24) is 15.5 Å². The van der Waals surface area contributed by atoms with E-state index in [0.29, 0.717) is 6.42 Å². The second kappa shape index (κ2) is 7.74. The van der Waals surface area contributed by atoms with Crippen LogP contribution in [0.15, 0.2) is 53.9 Å². The number of carbonyl (C=O) groups excluding carboxylic acids is 1. The van der Waals surface area contributed by atoms with Crippen LogP contribution >= 0.6 is 11.3 Å². The summed E-state index contributed by atoms with van der Waals surface area (Å²) in [4.78, 5) is 15.6. The maximum atomic E-state index is 12.3. The van der Waals surface area contributed by atoms with Crippen molar-refractivity contribution >= 4 is 23.1 Å². The Morgan fingerprint density at radius 2 is 2.15 bits per heavy atom. The van der Waals surface area contributed by atoms with Crippen molar-refractivity contribution < 1.29 is 4.79 Å². The summed E-state index contributed by atoms with van der Waals surface area (Å²) >= 11 is 1.63. The second-order valence-electron chi connectivity index (χ2n) is 6.61. The van der Waals surface area contributed by atoms with E-state index >= 15 is 0 Å². The summed E-state index contributed by atoms with van der Waals surface area (Å²) in [6.07, 6.45) is 2.54. The number of rotatable bonds is 5. The number of nitrogens with zero attached hydrogens (tertiary/aromatic N) is 2. The Kier molecular flexibility index (Phi) is 5.02. The molecule has 6 heteroatoms. The lowest BCUT2D eigenvalue weighted by Crippen LogP contribution is -2.48. The van der Waals surface area contributed by atoms with Gasteiger partial charge in [-0.15, -0.1) is 11.3 Å². The topological polar surface area (TPSA) is 61.0 Å². The Balaban J connectivity index is 1.38. The van der Waals surface area contributed by atoms with Crippen molar-refractivity contribution in [1.29, 1.82) is 0 Å². The SMILES string of the molecule is O=C(Cc1cccs1)N[C@H]1CCCN(c2cc(-c3ccccc3)[nH]n2)C1. The van der Waals surface area contributed by atoms with E-state index in [1.54, 1.807) is 11.3 Å². The summed E-state index contributed by atoms with van der Waals surface area (Å²) in [6, 6.07) is 16.4. The average molecular weight is 366 g/mol. The smallest absolute Gasteiger partial charge is 0.225 e. The number of hydrogen-bond acceptors (Lipinski definition) is 4. The highest BCUT2D eigenvalue weighted by molar-refractivity contribution is 7.10. The maximum Gasteiger partial charge on any atom is 0.225 e. The van der Waals surface area contributed by atoms with Gasteiger partial charge in [-0.1, -0.05) is 36.4 Å². The third-order valence-corrected chi connectivity index (χ3v) is 5.55. The minimum absolute atomic E-state index is 0.103. The minimum Gasteiger partial charge on any atom is -0.353 e. The van der Waals surface area contributed by atoms with Gasteiger partial charge in [0.1, 0.15) is 0 Å². The third-order valence-electron chi connectivity index (χ3n) is 4.67. The molecule has 1 saturated heterocycles. The fourth-order valence-corrected chi connectivity index (χ4v) is 4.10. The largest absolute Gasteiger partial charge is 0.353 e. The zero-order chi connectivity index (χ0) is 17.8. The minimum atomic E-state index is 0.103. The summed E-state index contributed by atoms with van der Waals surface area (Å²) in [5, 5.41) is 12.8. The van der Waals surface area contributed by atoms with Crippen LogP contribution in [0.5, 0.6) is 0 Å². The number of hydrogen-bond donors (Lipinski definition) is 2. The number of amides is 1. The molecule has 0 aliphatic carbocycles. The highest BCUT2D eigenvalue weighted by atomic mass is 32.1. The Hall–Kier alpha value is -2.60. The van der Waals surface area contributed by atoms with Gasteiger partial charge in [-0.2, -0.15) is 5.10 Å². The first-order valence-corrected chi connectivity index (χ1v) is 9.83. The molecule has 0 radical (unpaired) electrons. The van der Waals surface area contributed by atoms with Crippen molar-refractivity contribution in [3.63, 3.8) is 0 Å². The van der Waals surface area contributed by atoms with E-state index in [9.17, 15) is 4.79 Å². The fraction of sp³-hybridized carbons (Fsp3) is 0.300. The first-order chi connectivity index (χ1) is 12.8. The first kappa shape index (κ1) is 16.8. The molecule has 0 unspecified atom stereocenters. The molecule has 0 bridgehead atoms. The molecule has 1 amide bonds. The molecular weight excluding hydrogens is 344 g/mol. The molecular formula is C20H22N4OS. The number of piperidine rings is 1. The third kappa shape index (κ3) is 3.96. The number of H-pyrrole nitrogens is 1. The Bertz CT molecular complexity index is 844. The Morgan fingerprint density at radius 1 is 1.27 bits per heavy atom. The first-order valence-electron chi connectivity index (χ1n) is 8.95. The van der Waals surface area contributed by atoms with E-state index in [1.807, 2.05) is 35.7 Å². The summed E-state index contributed by atoms with van der Waals surface area (Å²) in [6.45, 7) is 1.77. The molecule has 3 aromatic rings. The standard InChI is InChI=1S/C20H22N4OS/c25-20(12-17-9-5-11-26-17)21-16-8-4-10-24(14-16)19-13-18(22-23-19)15-6-2-1-3-7-15/h1-3,5-7,9,11,13,16H,4,8,10,12,14H2,(H,21,25)(H,22,23)/t16-/m0/s1. The molecule has 1 fully saturated rings. The van der Waals surface area contributed by atoms with Crippen LogP contribution in [0.4, 0.5) is 5.82 Å². The van der Waals surface area contributed by atoms with Gasteiger partial charge in [-0.25, -0.2) is 0 Å². The molecule has 4 rings (SSSR count). The van der Waals surface area contributed by atoms with Crippen molar-refractivity contribution in [2.45, 2.75) is 25.3 Å². The highest BCUT2D eigenvalue weighted by Gasteiger charge is 2.23. The normalized spacial score (nSPS) is 17.2. The summed E-state index contributed by atoms with van der Waals surface area (Å²) < 4.78 is 0. The molecule has 26 heavy (non-hydrogen) atoms. The van der Waals surface area contributed by atoms with Gasteiger partial charge in [0.15, 0.2) is 5.82 Å². The van der Waals surface area contributed by atoms with Gasteiger partial charge in [0, 0.05) is 30.1 Å². The van der Waals surface area contributed by atoms with Gasteiger partial charge in [-0.05, 0) is 29.9 Å². The predicted octanol–water partition coefficient (Wildman–Crippen LogP) is 3.47. The lowest BCUT2D eigenvalue weighted by Gasteiger charge is -2.33. The van der Waals surface area contributed by atoms with Crippen molar-refractivity contribution in [3.8, 4) is 11.3 Å². The quantitative estimate of drug-likeness (QED) is 0.727. The maximum absolute atomic E-state index is 12.3. The zero-order valence-corrected chi connectivity index (χ0v) is 15.3. The van der Waals surface area contributed by atoms with Crippen LogP contribution in [0.25, 0.3) is 11.3 Å². The highest BCUT2D eigenvalue weighted by Crippen LogP contribution is 2.24. The van der Waals surface area contributed by atoms with Gasteiger partial charge in [-0.3, -0.25) is 9.89 Å². The monoisotopic (exact) mass is 366 g/mol.